The number of aromatic nitrogens is 2. The molecule has 26 heavy (non-hydrogen) atoms. The summed E-state index contributed by atoms with van der Waals surface area (Å²) in [5, 5.41) is 11.3. The summed E-state index contributed by atoms with van der Waals surface area (Å²) in [6.07, 6.45) is 1.70. The van der Waals surface area contributed by atoms with Gasteiger partial charge in [-0.05, 0) is 30.7 Å². The van der Waals surface area contributed by atoms with Crippen LogP contribution in [0.4, 0.5) is 0 Å². The number of fused-ring (bicyclic) bond motifs is 4. The number of nitrogens with zero attached hydrogens (tertiary/aromatic N) is 3. The first-order valence-corrected chi connectivity index (χ1v) is 8.54. The molecule has 0 radical (unpaired) electrons. The number of benzene rings is 2. The number of furan rings is 1. The van der Waals surface area contributed by atoms with Crippen LogP contribution in [0.25, 0.3) is 38.8 Å². The topological polar surface area (TPSA) is 54.2 Å². The number of halogens is 1. The SMILES string of the molecule is Cc1c(-c2coc3ccccc23)c(Cl)n2c(nc3ccccc32)c1C#N. The summed E-state index contributed by atoms with van der Waals surface area (Å²) in [4.78, 5) is 4.62. The van der Waals surface area contributed by atoms with E-state index >= 15 is 0 Å². The van der Waals surface area contributed by atoms with Crippen molar-refractivity contribution in [1.29, 1.82) is 5.26 Å². The van der Waals surface area contributed by atoms with E-state index in [1.165, 1.54) is 0 Å². The van der Waals surface area contributed by atoms with E-state index in [-0.39, 0.29) is 0 Å². The molecule has 0 aliphatic rings. The Morgan fingerprint density at radius 2 is 1.88 bits per heavy atom. The summed E-state index contributed by atoms with van der Waals surface area (Å²) in [5.41, 5.74) is 6.03. The van der Waals surface area contributed by atoms with E-state index in [0.717, 1.165) is 38.7 Å². The van der Waals surface area contributed by atoms with Crippen LogP contribution in [0.5, 0.6) is 0 Å². The van der Waals surface area contributed by atoms with Gasteiger partial charge in [0.05, 0.1) is 22.9 Å². The van der Waals surface area contributed by atoms with Gasteiger partial charge in [-0.2, -0.15) is 5.26 Å². The molecule has 0 unspecified atom stereocenters. The maximum atomic E-state index is 9.80. The molecule has 0 spiro atoms. The first kappa shape index (κ1) is 15.0. The average Bonchev–Trinajstić information content (AvgIpc) is 3.24. The highest BCUT2D eigenvalue weighted by Gasteiger charge is 2.22. The minimum atomic E-state index is 0.519. The molecule has 5 rings (SSSR count). The number of nitriles is 1. The molecule has 0 aliphatic heterocycles. The van der Waals surface area contributed by atoms with Gasteiger partial charge in [0.1, 0.15) is 16.8 Å². The highest BCUT2D eigenvalue weighted by atomic mass is 35.5. The van der Waals surface area contributed by atoms with E-state index in [9.17, 15) is 5.26 Å². The van der Waals surface area contributed by atoms with Crippen molar-refractivity contribution in [3.05, 3.63) is 71.1 Å². The number of pyridine rings is 1. The van der Waals surface area contributed by atoms with Crippen molar-refractivity contribution in [2.24, 2.45) is 0 Å². The Morgan fingerprint density at radius 1 is 1.12 bits per heavy atom. The number of imidazole rings is 1. The Bertz CT molecular complexity index is 1370. The summed E-state index contributed by atoms with van der Waals surface area (Å²) in [6.45, 7) is 1.90. The molecule has 2 aromatic carbocycles. The van der Waals surface area contributed by atoms with Gasteiger partial charge in [-0.15, -0.1) is 0 Å². The normalized spacial score (nSPS) is 11.4. The molecular weight excluding hydrogens is 346 g/mol. The van der Waals surface area contributed by atoms with Crippen molar-refractivity contribution in [1.82, 2.24) is 9.38 Å². The second-order valence-electron chi connectivity index (χ2n) is 6.18. The third-order valence-corrected chi connectivity index (χ3v) is 5.16. The Hall–Kier alpha value is -3.29. The summed E-state index contributed by atoms with van der Waals surface area (Å²) in [6, 6.07) is 17.8. The fourth-order valence-electron chi connectivity index (χ4n) is 3.57. The quantitative estimate of drug-likeness (QED) is 0.360. The van der Waals surface area contributed by atoms with Crippen LogP contribution in [0, 0.1) is 18.3 Å². The van der Waals surface area contributed by atoms with Crippen LogP contribution in [0.3, 0.4) is 0 Å². The average molecular weight is 358 g/mol. The first-order valence-electron chi connectivity index (χ1n) is 8.16. The van der Waals surface area contributed by atoms with Crippen molar-refractivity contribution in [3.8, 4) is 17.2 Å². The molecule has 0 fully saturated rings. The second-order valence-corrected chi connectivity index (χ2v) is 6.54. The molecule has 0 bridgehead atoms. The molecule has 5 aromatic rings. The highest BCUT2D eigenvalue weighted by molar-refractivity contribution is 6.33. The maximum absolute atomic E-state index is 9.80. The third kappa shape index (κ3) is 1.86. The van der Waals surface area contributed by atoms with Crippen LogP contribution in [0.1, 0.15) is 11.1 Å². The minimum absolute atomic E-state index is 0.519. The summed E-state index contributed by atoms with van der Waals surface area (Å²) >= 11 is 6.86. The predicted octanol–water partition coefficient (Wildman–Crippen LogP) is 5.73. The Labute approximate surface area is 153 Å². The van der Waals surface area contributed by atoms with Gasteiger partial charge in [0.2, 0.25) is 0 Å². The van der Waals surface area contributed by atoms with E-state index in [0.29, 0.717) is 16.4 Å². The Kier molecular flexibility index (Phi) is 3.09. The maximum Gasteiger partial charge on any atom is 0.157 e. The summed E-state index contributed by atoms with van der Waals surface area (Å²) in [7, 11) is 0. The van der Waals surface area contributed by atoms with Gasteiger partial charge in [0.15, 0.2) is 5.65 Å². The molecule has 0 saturated carbocycles. The second kappa shape index (κ2) is 5.35. The van der Waals surface area contributed by atoms with Crippen LogP contribution in [0.2, 0.25) is 5.15 Å². The fraction of sp³-hybridized carbons (Fsp3) is 0.0476. The van der Waals surface area contributed by atoms with Crippen molar-refractivity contribution in [2.75, 3.05) is 0 Å². The molecule has 0 saturated heterocycles. The molecular formula is C21H12ClN3O. The molecule has 0 atom stereocenters. The number of hydrogen-bond acceptors (Lipinski definition) is 3. The minimum Gasteiger partial charge on any atom is -0.464 e. The molecule has 124 valence electrons. The van der Waals surface area contributed by atoms with Gasteiger partial charge in [0, 0.05) is 16.5 Å². The molecule has 5 heteroatoms. The summed E-state index contributed by atoms with van der Waals surface area (Å²) < 4.78 is 7.55. The highest BCUT2D eigenvalue weighted by Crippen LogP contribution is 2.40. The summed E-state index contributed by atoms with van der Waals surface area (Å²) in [5.74, 6) is 0. The van der Waals surface area contributed by atoms with E-state index in [1.807, 2.05) is 59.9 Å². The van der Waals surface area contributed by atoms with Gasteiger partial charge in [-0.25, -0.2) is 4.98 Å². The van der Waals surface area contributed by atoms with Gasteiger partial charge >= 0.3 is 0 Å². The Balaban J connectivity index is 2.01. The van der Waals surface area contributed by atoms with Crippen molar-refractivity contribution in [2.45, 2.75) is 6.92 Å². The molecule has 0 amide bonds. The van der Waals surface area contributed by atoms with Gasteiger partial charge in [0.25, 0.3) is 0 Å². The lowest BCUT2D eigenvalue weighted by atomic mass is 9.98. The van der Waals surface area contributed by atoms with E-state index in [1.54, 1.807) is 6.26 Å². The monoisotopic (exact) mass is 357 g/mol. The Morgan fingerprint density at radius 3 is 2.73 bits per heavy atom. The van der Waals surface area contributed by atoms with E-state index in [2.05, 4.69) is 11.1 Å². The largest absolute Gasteiger partial charge is 0.464 e. The first-order chi connectivity index (χ1) is 12.7. The van der Waals surface area contributed by atoms with E-state index < -0.39 is 0 Å². The lowest BCUT2D eigenvalue weighted by Crippen LogP contribution is -1.99. The standard InChI is InChI=1S/C21H12ClN3O/c1-12-14(10-23)21-24-16-7-3-4-8-17(16)25(21)20(22)19(12)15-11-26-18-9-5-2-6-13(15)18/h2-9,11H,1H3. The number of para-hydroxylation sites is 3. The zero-order valence-corrected chi connectivity index (χ0v) is 14.6. The van der Waals surface area contributed by atoms with Gasteiger partial charge in [-0.1, -0.05) is 41.9 Å². The lowest BCUT2D eigenvalue weighted by molar-refractivity contribution is 0.617. The molecule has 4 nitrogen and oxygen atoms in total. The van der Waals surface area contributed by atoms with E-state index in [4.69, 9.17) is 16.0 Å². The zero-order valence-electron chi connectivity index (χ0n) is 13.8. The van der Waals surface area contributed by atoms with Crippen LogP contribution >= 0.6 is 11.6 Å². The molecule has 3 heterocycles. The van der Waals surface area contributed by atoms with Gasteiger partial charge in [-0.3, -0.25) is 4.40 Å². The number of rotatable bonds is 1. The molecule has 0 aliphatic carbocycles. The smallest absolute Gasteiger partial charge is 0.157 e. The number of hydrogen-bond donors (Lipinski definition) is 0. The molecule has 3 aromatic heterocycles. The van der Waals surface area contributed by atoms with Crippen LogP contribution < -0.4 is 0 Å². The zero-order chi connectivity index (χ0) is 17.8. The van der Waals surface area contributed by atoms with Crippen molar-refractivity contribution < 1.29 is 4.42 Å². The van der Waals surface area contributed by atoms with Crippen LogP contribution in [-0.2, 0) is 0 Å². The van der Waals surface area contributed by atoms with Crippen molar-refractivity contribution in [3.63, 3.8) is 0 Å². The fourth-order valence-corrected chi connectivity index (χ4v) is 3.98. The van der Waals surface area contributed by atoms with Crippen LogP contribution in [0.15, 0.2) is 59.2 Å². The third-order valence-electron chi connectivity index (χ3n) is 4.80. The van der Waals surface area contributed by atoms with Gasteiger partial charge < -0.3 is 4.42 Å². The lowest BCUT2D eigenvalue weighted by Gasteiger charge is -2.12. The van der Waals surface area contributed by atoms with Crippen molar-refractivity contribution >= 4 is 39.3 Å². The predicted molar refractivity (Wildman–Crippen MR) is 102 cm³/mol. The molecule has 0 N–H and O–H groups in total. The van der Waals surface area contributed by atoms with Crippen LogP contribution in [-0.4, -0.2) is 9.38 Å².